The van der Waals surface area contributed by atoms with E-state index in [-0.39, 0.29) is 17.8 Å². The van der Waals surface area contributed by atoms with Crippen molar-refractivity contribution in [2.24, 2.45) is 0 Å². The summed E-state index contributed by atoms with van der Waals surface area (Å²) < 4.78 is 51.5. The van der Waals surface area contributed by atoms with E-state index in [1.807, 2.05) is 0 Å². The molecule has 0 spiro atoms. The normalized spacial score (nSPS) is 14.9. The number of aromatic nitrogens is 1. The third-order valence-corrected chi connectivity index (χ3v) is 3.52. The number of pyridine rings is 1. The second-order valence-corrected chi connectivity index (χ2v) is 4.94. The van der Waals surface area contributed by atoms with Gasteiger partial charge in [0.1, 0.15) is 5.82 Å². The number of carbonyl (C=O) groups excluding carboxylic acids is 1. The Balaban J connectivity index is 2.01. The minimum Gasteiger partial charge on any atom is -0.306 e. The Bertz CT molecular complexity index is 743. The van der Waals surface area contributed by atoms with Gasteiger partial charge in [-0.2, -0.15) is 13.2 Å². The topological polar surface area (TPSA) is 33.2 Å². The number of hydrogen-bond acceptors (Lipinski definition) is 2. The number of anilines is 1. The van der Waals surface area contributed by atoms with Crippen LogP contribution in [-0.2, 0) is 12.6 Å². The fraction of sp³-hybridized carbons (Fsp3) is 0.200. The zero-order chi connectivity index (χ0) is 15.9. The Labute approximate surface area is 123 Å². The molecule has 0 unspecified atom stereocenters. The fourth-order valence-corrected chi connectivity index (χ4v) is 2.44. The first kappa shape index (κ1) is 14.5. The van der Waals surface area contributed by atoms with Gasteiger partial charge >= 0.3 is 6.18 Å². The predicted octanol–water partition coefficient (Wildman–Crippen LogP) is 3.44. The van der Waals surface area contributed by atoms with E-state index in [0.29, 0.717) is 12.0 Å². The molecule has 0 fully saturated rings. The Morgan fingerprint density at radius 2 is 1.91 bits per heavy atom. The van der Waals surface area contributed by atoms with Gasteiger partial charge in [-0.25, -0.2) is 4.39 Å². The third kappa shape index (κ3) is 2.54. The minimum absolute atomic E-state index is 0.00895. The molecule has 1 aromatic heterocycles. The van der Waals surface area contributed by atoms with E-state index in [1.54, 1.807) is 0 Å². The standard InChI is InChI=1S/C15H10F4N2O/c16-11-6-12(8-20-7-11)21-4-3-9-1-2-10(15(17,18)19)5-13(9)14(21)22/h1-2,5-8H,3-4H2. The molecule has 2 aromatic rings. The van der Waals surface area contributed by atoms with E-state index in [2.05, 4.69) is 4.98 Å². The molecule has 1 aliphatic rings. The molecule has 0 aliphatic carbocycles. The summed E-state index contributed by atoms with van der Waals surface area (Å²) in [5.41, 5.74) is -0.101. The van der Waals surface area contributed by atoms with Gasteiger partial charge in [-0.3, -0.25) is 9.78 Å². The van der Waals surface area contributed by atoms with E-state index in [4.69, 9.17) is 0 Å². The van der Waals surface area contributed by atoms with E-state index in [1.165, 1.54) is 17.2 Å². The predicted molar refractivity (Wildman–Crippen MR) is 71.0 cm³/mol. The van der Waals surface area contributed by atoms with Crippen molar-refractivity contribution in [3.8, 4) is 0 Å². The molecule has 0 bridgehead atoms. The Morgan fingerprint density at radius 3 is 2.59 bits per heavy atom. The summed E-state index contributed by atoms with van der Waals surface area (Å²) in [6.45, 7) is 0.266. The summed E-state index contributed by atoms with van der Waals surface area (Å²) in [5.74, 6) is -1.19. The van der Waals surface area contributed by atoms with Crippen LogP contribution in [0.5, 0.6) is 0 Å². The smallest absolute Gasteiger partial charge is 0.306 e. The molecule has 22 heavy (non-hydrogen) atoms. The number of alkyl halides is 3. The number of hydrogen-bond donors (Lipinski definition) is 0. The van der Waals surface area contributed by atoms with Crippen molar-refractivity contribution < 1.29 is 22.4 Å². The van der Waals surface area contributed by atoms with Crippen LogP contribution in [0.4, 0.5) is 23.2 Å². The molecule has 0 atom stereocenters. The molecular formula is C15H10F4N2O. The number of halogens is 4. The quantitative estimate of drug-likeness (QED) is 0.756. The van der Waals surface area contributed by atoms with E-state index < -0.39 is 23.5 Å². The summed E-state index contributed by atoms with van der Waals surface area (Å²) in [5, 5.41) is 0. The lowest BCUT2D eigenvalue weighted by molar-refractivity contribution is -0.137. The van der Waals surface area contributed by atoms with E-state index in [9.17, 15) is 22.4 Å². The van der Waals surface area contributed by atoms with Gasteiger partial charge in [0, 0.05) is 18.2 Å². The first-order chi connectivity index (χ1) is 10.4. The van der Waals surface area contributed by atoms with Crippen molar-refractivity contribution in [2.45, 2.75) is 12.6 Å². The van der Waals surface area contributed by atoms with Crippen molar-refractivity contribution >= 4 is 11.6 Å². The fourth-order valence-electron chi connectivity index (χ4n) is 2.44. The first-order valence-corrected chi connectivity index (χ1v) is 6.49. The SMILES string of the molecule is O=C1c2cc(C(F)(F)F)ccc2CCN1c1cncc(F)c1. The van der Waals surface area contributed by atoms with Crippen LogP contribution in [0.2, 0.25) is 0 Å². The van der Waals surface area contributed by atoms with Crippen molar-refractivity contribution in [3.05, 3.63) is 59.2 Å². The lowest BCUT2D eigenvalue weighted by Crippen LogP contribution is -2.38. The summed E-state index contributed by atoms with van der Waals surface area (Å²) in [6.07, 6.45) is -1.82. The molecule has 2 heterocycles. The monoisotopic (exact) mass is 310 g/mol. The van der Waals surface area contributed by atoms with Crippen molar-refractivity contribution in [1.82, 2.24) is 4.98 Å². The molecule has 1 aliphatic heterocycles. The van der Waals surface area contributed by atoms with E-state index in [0.717, 1.165) is 24.4 Å². The van der Waals surface area contributed by atoms with Crippen LogP contribution in [0, 0.1) is 5.82 Å². The highest BCUT2D eigenvalue weighted by atomic mass is 19.4. The van der Waals surface area contributed by atoms with Gasteiger partial charge < -0.3 is 4.90 Å². The number of carbonyl (C=O) groups is 1. The van der Waals surface area contributed by atoms with Gasteiger partial charge in [0.05, 0.1) is 23.6 Å². The summed E-state index contributed by atoms with van der Waals surface area (Å²) >= 11 is 0. The average molecular weight is 310 g/mol. The lowest BCUT2D eigenvalue weighted by atomic mass is 9.96. The van der Waals surface area contributed by atoms with Crippen molar-refractivity contribution in [3.63, 3.8) is 0 Å². The van der Waals surface area contributed by atoms with Gasteiger partial charge in [0.25, 0.3) is 5.91 Å². The number of nitrogens with zero attached hydrogens (tertiary/aromatic N) is 2. The van der Waals surface area contributed by atoms with Gasteiger partial charge in [0.15, 0.2) is 0 Å². The van der Waals surface area contributed by atoms with Crippen molar-refractivity contribution in [1.29, 1.82) is 0 Å². The number of benzene rings is 1. The lowest BCUT2D eigenvalue weighted by Gasteiger charge is -2.28. The van der Waals surface area contributed by atoms with Crippen LogP contribution >= 0.6 is 0 Å². The zero-order valence-corrected chi connectivity index (χ0v) is 11.2. The number of amides is 1. The van der Waals surface area contributed by atoms with Crippen LogP contribution in [0.3, 0.4) is 0 Å². The zero-order valence-electron chi connectivity index (χ0n) is 11.2. The molecule has 0 saturated carbocycles. The summed E-state index contributed by atoms with van der Waals surface area (Å²) in [7, 11) is 0. The molecule has 0 radical (unpaired) electrons. The molecule has 114 valence electrons. The molecule has 1 amide bonds. The van der Waals surface area contributed by atoms with Gasteiger partial charge in [-0.1, -0.05) is 6.07 Å². The minimum atomic E-state index is -4.52. The first-order valence-electron chi connectivity index (χ1n) is 6.49. The number of rotatable bonds is 1. The Kier molecular flexibility index (Phi) is 3.35. The van der Waals surface area contributed by atoms with Gasteiger partial charge in [-0.15, -0.1) is 0 Å². The molecule has 7 heteroatoms. The molecule has 0 saturated heterocycles. The maximum Gasteiger partial charge on any atom is 0.416 e. The second-order valence-electron chi connectivity index (χ2n) is 4.94. The Morgan fingerprint density at radius 1 is 1.14 bits per heavy atom. The maximum atomic E-state index is 13.2. The number of fused-ring (bicyclic) bond motifs is 1. The highest BCUT2D eigenvalue weighted by Gasteiger charge is 2.34. The van der Waals surface area contributed by atoms with Gasteiger partial charge in [0.2, 0.25) is 0 Å². The highest BCUT2D eigenvalue weighted by Crippen LogP contribution is 2.33. The van der Waals surface area contributed by atoms with E-state index >= 15 is 0 Å². The van der Waals surface area contributed by atoms with Crippen LogP contribution in [0.25, 0.3) is 0 Å². The van der Waals surface area contributed by atoms with Crippen LogP contribution in [-0.4, -0.2) is 17.4 Å². The Hall–Kier alpha value is -2.44. The largest absolute Gasteiger partial charge is 0.416 e. The average Bonchev–Trinajstić information content (AvgIpc) is 2.46. The molecule has 0 N–H and O–H groups in total. The summed E-state index contributed by atoms with van der Waals surface area (Å²) in [6, 6.07) is 4.25. The van der Waals surface area contributed by atoms with Crippen LogP contribution in [0.15, 0.2) is 36.7 Å². The van der Waals surface area contributed by atoms with Crippen LogP contribution in [0.1, 0.15) is 21.5 Å². The van der Waals surface area contributed by atoms with Crippen LogP contribution < -0.4 is 4.90 Å². The highest BCUT2D eigenvalue weighted by molar-refractivity contribution is 6.08. The second kappa shape index (κ2) is 5.08. The molecule has 3 rings (SSSR count). The van der Waals surface area contributed by atoms with Gasteiger partial charge in [-0.05, 0) is 24.1 Å². The molecule has 3 nitrogen and oxygen atoms in total. The van der Waals surface area contributed by atoms with Crippen molar-refractivity contribution in [2.75, 3.05) is 11.4 Å². The molecular weight excluding hydrogens is 300 g/mol. The summed E-state index contributed by atoms with van der Waals surface area (Å²) in [4.78, 5) is 17.3. The molecule has 1 aromatic carbocycles. The maximum absolute atomic E-state index is 13.2. The third-order valence-electron chi connectivity index (χ3n) is 3.52.